The second-order valence-corrected chi connectivity index (χ2v) is 5.89. The van der Waals surface area contributed by atoms with Gasteiger partial charge in [0.05, 0.1) is 11.7 Å². The van der Waals surface area contributed by atoms with Crippen molar-refractivity contribution in [1.82, 2.24) is 15.1 Å². The average Bonchev–Trinajstić information content (AvgIpc) is 2.62. The highest BCUT2D eigenvalue weighted by Crippen LogP contribution is 2.20. The topological polar surface area (TPSA) is 75.4 Å². The summed E-state index contributed by atoms with van der Waals surface area (Å²) in [5.74, 6) is 0.227. The van der Waals surface area contributed by atoms with Crippen LogP contribution in [0.1, 0.15) is 6.92 Å². The number of piperazine rings is 1. The molecule has 2 heterocycles. The van der Waals surface area contributed by atoms with E-state index in [9.17, 15) is 9.18 Å². The molecule has 2 aromatic rings. The highest BCUT2D eigenvalue weighted by Gasteiger charge is 2.24. The third-order valence-electron chi connectivity index (χ3n) is 4.39. The first-order chi connectivity index (χ1) is 11.5. The molecule has 1 aliphatic heterocycles. The second-order valence-electron chi connectivity index (χ2n) is 5.89. The summed E-state index contributed by atoms with van der Waals surface area (Å²) in [7, 11) is 0. The van der Waals surface area contributed by atoms with Gasteiger partial charge in [-0.15, -0.1) is 10.2 Å². The fourth-order valence-electron chi connectivity index (χ4n) is 2.79. The minimum Gasteiger partial charge on any atom is -0.368 e. The van der Waals surface area contributed by atoms with Crippen molar-refractivity contribution in [1.29, 1.82) is 0 Å². The zero-order chi connectivity index (χ0) is 17.1. The molecule has 1 atom stereocenters. The molecule has 6 nitrogen and oxygen atoms in total. The predicted octanol–water partition coefficient (Wildman–Crippen LogP) is 1.28. The van der Waals surface area contributed by atoms with Crippen molar-refractivity contribution in [3.05, 3.63) is 42.2 Å². The molecular weight excluding hydrogens is 309 g/mol. The standard InChI is InChI=1S/C17H20FN5O/c1-12(17(19)24)22-8-10-23(11-9-22)16-7-6-15(20-21-16)13-2-4-14(18)5-3-13/h2-7,12H,8-11H2,1H3,(H2,19,24). The van der Waals surface area contributed by atoms with Gasteiger partial charge in [-0.25, -0.2) is 4.39 Å². The van der Waals surface area contributed by atoms with Crippen LogP contribution in [0.5, 0.6) is 0 Å². The summed E-state index contributed by atoms with van der Waals surface area (Å²) in [6, 6.07) is 9.73. The summed E-state index contributed by atoms with van der Waals surface area (Å²) in [4.78, 5) is 15.5. The Labute approximate surface area is 140 Å². The van der Waals surface area contributed by atoms with E-state index in [1.165, 1.54) is 12.1 Å². The van der Waals surface area contributed by atoms with Crippen molar-refractivity contribution in [3.8, 4) is 11.3 Å². The van der Waals surface area contributed by atoms with Gasteiger partial charge in [-0.05, 0) is 43.3 Å². The molecule has 0 bridgehead atoms. The zero-order valence-corrected chi connectivity index (χ0v) is 13.5. The number of hydrogen-bond acceptors (Lipinski definition) is 5. The lowest BCUT2D eigenvalue weighted by molar-refractivity contribution is -0.122. The Morgan fingerprint density at radius 3 is 2.29 bits per heavy atom. The van der Waals surface area contributed by atoms with Gasteiger partial charge in [0.15, 0.2) is 5.82 Å². The molecule has 1 fully saturated rings. The Bertz CT molecular complexity index is 696. The van der Waals surface area contributed by atoms with Crippen molar-refractivity contribution in [2.45, 2.75) is 13.0 Å². The molecule has 3 rings (SSSR count). The highest BCUT2D eigenvalue weighted by molar-refractivity contribution is 5.79. The number of primary amides is 1. The molecule has 1 aromatic carbocycles. The van der Waals surface area contributed by atoms with Crippen LogP contribution in [0.15, 0.2) is 36.4 Å². The van der Waals surface area contributed by atoms with E-state index in [4.69, 9.17) is 5.73 Å². The lowest BCUT2D eigenvalue weighted by atomic mass is 10.1. The number of rotatable bonds is 4. The number of hydrogen-bond donors (Lipinski definition) is 1. The lowest BCUT2D eigenvalue weighted by Gasteiger charge is -2.37. The second kappa shape index (κ2) is 6.92. The van der Waals surface area contributed by atoms with E-state index >= 15 is 0 Å². The van der Waals surface area contributed by atoms with Gasteiger partial charge in [-0.3, -0.25) is 9.69 Å². The summed E-state index contributed by atoms with van der Waals surface area (Å²) in [6.07, 6.45) is 0. The number of amides is 1. The number of anilines is 1. The first-order valence-electron chi connectivity index (χ1n) is 7.92. The molecule has 2 N–H and O–H groups in total. The molecule has 1 unspecified atom stereocenters. The molecule has 126 valence electrons. The molecule has 1 saturated heterocycles. The summed E-state index contributed by atoms with van der Waals surface area (Å²) >= 11 is 0. The zero-order valence-electron chi connectivity index (χ0n) is 13.5. The summed E-state index contributed by atoms with van der Waals surface area (Å²) in [5.41, 5.74) is 6.89. The van der Waals surface area contributed by atoms with Crippen molar-refractivity contribution < 1.29 is 9.18 Å². The molecule has 0 saturated carbocycles. The van der Waals surface area contributed by atoms with E-state index < -0.39 is 0 Å². The molecule has 1 amide bonds. The lowest BCUT2D eigenvalue weighted by Crippen LogP contribution is -2.53. The number of halogens is 1. The average molecular weight is 329 g/mol. The first-order valence-corrected chi connectivity index (χ1v) is 7.92. The van der Waals surface area contributed by atoms with E-state index in [-0.39, 0.29) is 17.8 Å². The monoisotopic (exact) mass is 329 g/mol. The van der Waals surface area contributed by atoms with Gasteiger partial charge in [0, 0.05) is 31.7 Å². The van der Waals surface area contributed by atoms with Crippen LogP contribution in [0.4, 0.5) is 10.2 Å². The highest BCUT2D eigenvalue weighted by atomic mass is 19.1. The number of carbonyl (C=O) groups is 1. The largest absolute Gasteiger partial charge is 0.368 e. The number of carbonyl (C=O) groups excluding carboxylic acids is 1. The molecular formula is C17H20FN5O. The predicted molar refractivity (Wildman–Crippen MR) is 89.9 cm³/mol. The molecule has 0 radical (unpaired) electrons. The van der Waals surface area contributed by atoms with E-state index in [1.54, 1.807) is 12.1 Å². The number of nitrogens with two attached hydrogens (primary N) is 1. The fourth-order valence-corrected chi connectivity index (χ4v) is 2.79. The van der Waals surface area contributed by atoms with Crippen LogP contribution in [-0.4, -0.2) is 53.2 Å². The smallest absolute Gasteiger partial charge is 0.234 e. The third kappa shape index (κ3) is 3.51. The third-order valence-corrected chi connectivity index (χ3v) is 4.39. The Morgan fingerprint density at radius 2 is 1.75 bits per heavy atom. The van der Waals surface area contributed by atoms with E-state index in [2.05, 4.69) is 20.0 Å². The maximum Gasteiger partial charge on any atom is 0.234 e. The molecule has 0 spiro atoms. The minimum absolute atomic E-state index is 0.251. The van der Waals surface area contributed by atoms with E-state index in [1.807, 2.05) is 19.1 Å². The normalized spacial score (nSPS) is 16.8. The number of aromatic nitrogens is 2. The Balaban J connectivity index is 1.64. The van der Waals surface area contributed by atoms with Crippen molar-refractivity contribution in [2.24, 2.45) is 5.73 Å². The van der Waals surface area contributed by atoms with Gasteiger partial charge in [0.2, 0.25) is 5.91 Å². The summed E-state index contributed by atoms with van der Waals surface area (Å²) in [5, 5.41) is 8.51. The van der Waals surface area contributed by atoms with Crippen LogP contribution >= 0.6 is 0 Å². The van der Waals surface area contributed by atoms with Gasteiger partial charge >= 0.3 is 0 Å². The van der Waals surface area contributed by atoms with E-state index in [0.717, 1.165) is 37.6 Å². The van der Waals surface area contributed by atoms with Crippen LogP contribution < -0.4 is 10.6 Å². The molecule has 7 heteroatoms. The number of nitrogens with zero attached hydrogens (tertiary/aromatic N) is 4. The van der Waals surface area contributed by atoms with Gasteiger partial charge in [-0.2, -0.15) is 0 Å². The van der Waals surface area contributed by atoms with Crippen LogP contribution in [0.2, 0.25) is 0 Å². The Kier molecular flexibility index (Phi) is 4.71. The SMILES string of the molecule is CC(C(N)=O)N1CCN(c2ccc(-c3ccc(F)cc3)nn2)CC1. The minimum atomic E-state index is -0.299. The van der Waals surface area contributed by atoms with Crippen molar-refractivity contribution in [3.63, 3.8) is 0 Å². The molecule has 1 aromatic heterocycles. The Hall–Kier alpha value is -2.54. The van der Waals surface area contributed by atoms with Gasteiger partial charge in [0.1, 0.15) is 5.82 Å². The maximum absolute atomic E-state index is 13.0. The fraction of sp³-hybridized carbons (Fsp3) is 0.353. The van der Waals surface area contributed by atoms with Gasteiger partial charge in [-0.1, -0.05) is 0 Å². The molecule has 24 heavy (non-hydrogen) atoms. The Morgan fingerprint density at radius 1 is 1.08 bits per heavy atom. The summed E-state index contributed by atoms with van der Waals surface area (Å²) in [6.45, 7) is 4.87. The first kappa shape index (κ1) is 16.3. The van der Waals surface area contributed by atoms with Crippen LogP contribution in [0.3, 0.4) is 0 Å². The maximum atomic E-state index is 13.0. The quantitative estimate of drug-likeness (QED) is 0.914. The van der Waals surface area contributed by atoms with Crippen molar-refractivity contribution in [2.75, 3.05) is 31.1 Å². The van der Waals surface area contributed by atoms with Crippen molar-refractivity contribution >= 4 is 11.7 Å². The summed E-state index contributed by atoms with van der Waals surface area (Å²) < 4.78 is 13.0. The van der Waals surface area contributed by atoms with Crippen LogP contribution in [-0.2, 0) is 4.79 Å². The van der Waals surface area contributed by atoms with E-state index in [0.29, 0.717) is 5.69 Å². The van der Waals surface area contributed by atoms with Gasteiger partial charge in [0.25, 0.3) is 0 Å². The van der Waals surface area contributed by atoms with Gasteiger partial charge < -0.3 is 10.6 Å². The molecule has 0 aliphatic carbocycles. The molecule has 1 aliphatic rings. The van der Waals surface area contributed by atoms with Crippen LogP contribution in [0.25, 0.3) is 11.3 Å². The number of benzene rings is 1. The van der Waals surface area contributed by atoms with Crippen LogP contribution in [0, 0.1) is 5.82 Å².